The van der Waals surface area contributed by atoms with Crippen molar-refractivity contribution < 1.29 is 0 Å². The third kappa shape index (κ3) is 4.36. The fourth-order valence-corrected chi connectivity index (χ4v) is 2.61. The predicted molar refractivity (Wildman–Crippen MR) is 75.5 cm³/mol. The van der Waals surface area contributed by atoms with Gasteiger partial charge in [-0.1, -0.05) is 13.8 Å². The van der Waals surface area contributed by atoms with Crippen LogP contribution in [0.4, 0.5) is 0 Å². The highest BCUT2D eigenvalue weighted by Gasteiger charge is 2.17. The smallest absolute Gasteiger partial charge is 0.0986 e. The zero-order chi connectivity index (χ0) is 13.2. The molecular formula is C13H25N3S. The average Bonchev–Trinajstić information content (AvgIpc) is 2.37. The van der Waals surface area contributed by atoms with Crippen LogP contribution in [-0.2, 0) is 13.6 Å². The molecule has 0 aliphatic carbocycles. The Labute approximate surface area is 109 Å². The first kappa shape index (κ1) is 14.6. The van der Waals surface area contributed by atoms with Crippen LogP contribution in [0, 0.1) is 6.92 Å². The molecule has 0 amide bonds. The van der Waals surface area contributed by atoms with Crippen molar-refractivity contribution >= 4 is 11.8 Å². The molecule has 0 unspecified atom stereocenters. The van der Waals surface area contributed by atoms with E-state index in [1.165, 1.54) is 10.6 Å². The topological polar surface area (TPSA) is 29.9 Å². The van der Waals surface area contributed by atoms with E-state index < -0.39 is 0 Å². The Morgan fingerprint density at radius 3 is 2.41 bits per heavy atom. The Morgan fingerprint density at radius 2 is 1.94 bits per heavy atom. The number of hydrogen-bond acceptors (Lipinski definition) is 3. The van der Waals surface area contributed by atoms with Gasteiger partial charge in [0.2, 0.25) is 0 Å². The standard InChI is InChI=1S/C13H25N3S/c1-9(2)17-12-11(8-14-13(4,5)6)10(3)15-16(12)7/h9,14H,8H2,1-7H3. The van der Waals surface area contributed by atoms with E-state index in [0.717, 1.165) is 12.2 Å². The van der Waals surface area contributed by atoms with Gasteiger partial charge in [-0.25, -0.2) is 0 Å². The zero-order valence-electron chi connectivity index (χ0n) is 12.1. The van der Waals surface area contributed by atoms with Gasteiger partial charge >= 0.3 is 0 Å². The van der Waals surface area contributed by atoms with Crippen LogP contribution < -0.4 is 5.32 Å². The Bertz CT molecular complexity index is 375. The lowest BCUT2D eigenvalue weighted by molar-refractivity contribution is 0.421. The lowest BCUT2D eigenvalue weighted by Crippen LogP contribution is -2.35. The maximum absolute atomic E-state index is 4.52. The summed E-state index contributed by atoms with van der Waals surface area (Å²) in [6.07, 6.45) is 0. The normalized spacial score (nSPS) is 12.5. The molecule has 0 fully saturated rings. The van der Waals surface area contributed by atoms with E-state index in [2.05, 4.69) is 52.0 Å². The molecule has 1 aromatic rings. The molecule has 1 heterocycles. The average molecular weight is 255 g/mol. The van der Waals surface area contributed by atoms with E-state index >= 15 is 0 Å². The van der Waals surface area contributed by atoms with E-state index in [1.54, 1.807) is 0 Å². The second kappa shape index (κ2) is 5.44. The van der Waals surface area contributed by atoms with Crippen molar-refractivity contribution in [1.29, 1.82) is 0 Å². The molecule has 4 heteroatoms. The van der Waals surface area contributed by atoms with Gasteiger partial charge in [-0.3, -0.25) is 4.68 Å². The zero-order valence-corrected chi connectivity index (χ0v) is 12.9. The van der Waals surface area contributed by atoms with Crippen LogP contribution >= 0.6 is 11.8 Å². The van der Waals surface area contributed by atoms with Gasteiger partial charge < -0.3 is 5.32 Å². The van der Waals surface area contributed by atoms with Crippen LogP contribution in [-0.4, -0.2) is 20.6 Å². The minimum absolute atomic E-state index is 0.141. The number of aryl methyl sites for hydroxylation is 2. The molecule has 1 N–H and O–H groups in total. The number of rotatable bonds is 4. The van der Waals surface area contributed by atoms with Crippen molar-refractivity contribution in [3.05, 3.63) is 11.3 Å². The van der Waals surface area contributed by atoms with Crippen molar-refractivity contribution in [2.24, 2.45) is 7.05 Å². The molecule has 17 heavy (non-hydrogen) atoms. The van der Waals surface area contributed by atoms with Gasteiger partial charge in [0.05, 0.1) is 10.7 Å². The molecule has 0 bridgehead atoms. The van der Waals surface area contributed by atoms with Crippen LogP contribution in [0.25, 0.3) is 0 Å². The summed E-state index contributed by atoms with van der Waals surface area (Å²) in [6, 6.07) is 0. The third-order valence-electron chi connectivity index (χ3n) is 2.43. The molecule has 0 spiro atoms. The summed E-state index contributed by atoms with van der Waals surface area (Å²) in [7, 11) is 2.03. The van der Waals surface area contributed by atoms with Crippen LogP contribution in [0.15, 0.2) is 5.03 Å². The summed E-state index contributed by atoms with van der Waals surface area (Å²) >= 11 is 1.88. The first-order chi connectivity index (χ1) is 7.70. The molecule has 1 aromatic heterocycles. The van der Waals surface area contributed by atoms with Gasteiger partial charge in [0.25, 0.3) is 0 Å². The molecule has 0 aromatic carbocycles. The van der Waals surface area contributed by atoms with E-state index in [9.17, 15) is 0 Å². The molecular weight excluding hydrogens is 230 g/mol. The minimum atomic E-state index is 0.141. The minimum Gasteiger partial charge on any atom is -0.308 e. The van der Waals surface area contributed by atoms with Gasteiger partial charge in [-0.05, 0) is 27.7 Å². The Balaban J connectivity index is 2.89. The van der Waals surface area contributed by atoms with Crippen molar-refractivity contribution in [2.75, 3.05) is 0 Å². The van der Waals surface area contributed by atoms with Crippen molar-refractivity contribution in [3.8, 4) is 0 Å². The number of thioether (sulfide) groups is 1. The van der Waals surface area contributed by atoms with E-state index in [-0.39, 0.29) is 5.54 Å². The molecule has 0 saturated heterocycles. The van der Waals surface area contributed by atoms with E-state index in [4.69, 9.17) is 0 Å². The SMILES string of the molecule is Cc1nn(C)c(SC(C)C)c1CNC(C)(C)C. The van der Waals surface area contributed by atoms with Gasteiger partial charge in [0.1, 0.15) is 0 Å². The lowest BCUT2D eigenvalue weighted by Gasteiger charge is -2.21. The third-order valence-corrected chi connectivity index (χ3v) is 3.64. The first-order valence-electron chi connectivity index (χ1n) is 6.15. The van der Waals surface area contributed by atoms with E-state index in [0.29, 0.717) is 5.25 Å². The molecule has 0 radical (unpaired) electrons. The molecule has 1 rings (SSSR count). The maximum atomic E-state index is 4.52. The molecule has 0 aliphatic rings. The van der Waals surface area contributed by atoms with Gasteiger partial charge in [-0.2, -0.15) is 5.10 Å². The number of aromatic nitrogens is 2. The molecule has 0 saturated carbocycles. The Kier molecular flexibility index (Phi) is 4.67. The van der Waals surface area contributed by atoms with Crippen LogP contribution in [0.3, 0.4) is 0 Å². The first-order valence-corrected chi connectivity index (χ1v) is 7.03. The molecule has 0 atom stereocenters. The summed E-state index contributed by atoms with van der Waals surface area (Å²) < 4.78 is 2.00. The van der Waals surface area contributed by atoms with Crippen molar-refractivity contribution in [2.45, 2.75) is 63.9 Å². The predicted octanol–water partition coefficient (Wildman–Crippen LogP) is 3.12. The summed E-state index contributed by atoms with van der Waals surface area (Å²) in [4.78, 5) is 0. The highest BCUT2D eigenvalue weighted by Crippen LogP contribution is 2.28. The summed E-state index contributed by atoms with van der Waals surface area (Å²) in [5.41, 5.74) is 2.61. The summed E-state index contributed by atoms with van der Waals surface area (Å²) in [5.74, 6) is 0. The Hall–Kier alpha value is -0.480. The number of nitrogens with one attached hydrogen (secondary N) is 1. The Morgan fingerprint density at radius 1 is 1.35 bits per heavy atom. The highest BCUT2D eigenvalue weighted by atomic mass is 32.2. The van der Waals surface area contributed by atoms with Gasteiger partial charge in [0.15, 0.2) is 0 Å². The van der Waals surface area contributed by atoms with E-state index in [1.807, 2.05) is 23.5 Å². The van der Waals surface area contributed by atoms with Crippen molar-refractivity contribution in [3.63, 3.8) is 0 Å². The van der Waals surface area contributed by atoms with Crippen molar-refractivity contribution in [1.82, 2.24) is 15.1 Å². The number of hydrogen-bond donors (Lipinski definition) is 1. The maximum Gasteiger partial charge on any atom is 0.0986 e. The fraction of sp³-hybridized carbons (Fsp3) is 0.769. The molecule has 3 nitrogen and oxygen atoms in total. The quantitative estimate of drug-likeness (QED) is 0.838. The van der Waals surface area contributed by atoms with Crippen LogP contribution in [0.2, 0.25) is 0 Å². The summed E-state index contributed by atoms with van der Waals surface area (Å²) in [6.45, 7) is 14.0. The molecule has 0 aliphatic heterocycles. The highest BCUT2D eigenvalue weighted by molar-refractivity contribution is 7.99. The fourth-order valence-electron chi connectivity index (χ4n) is 1.61. The largest absolute Gasteiger partial charge is 0.308 e. The number of nitrogens with zero attached hydrogens (tertiary/aromatic N) is 2. The summed E-state index contributed by atoms with van der Waals surface area (Å²) in [5, 5.41) is 9.93. The lowest BCUT2D eigenvalue weighted by atomic mass is 10.1. The van der Waals surface area contributed by atoms with Crippen LogP contribution in [0.1, 0.15) is 45.9 Å². The molecule has 98 valence electrons. The second-order valence-corrected chi connectivity index (χ2v) is 7.33. The van der Waals surface area contributed by atoms with Gasteiger partial charge in [-0.15, -0.1) is 11.8 Å². The second-order valence-electron chi connectivity index (χ2n) is 5.76. The van der Waals surface area contributed by atoms with Gasteiger partial charge in [0, 0.05) is 29.9 Å². The van der Waals surface area contributed by atoms with Crippen LogP contribution in [0.5, 0.6) is 0 Å². The monoisotopic (exact) mass is 255 g/mol.